The van der Waals surface area contributed by atoms with E-state index in [0.717, 1.165) is 0 Å². The Morgan fingerprint density at radius 3 is 2.12 bits per heavy atom. The van der Waals surface area contributed by atoms with Crippen LogP contribution in [0, 0.1) is 5.92 Å². The maximum atomic E-state index is 11.5. The molecule has 0 aliphatic rings. The van der Waals surface area contributed by atoms with Gasteiger partial charge in [-0.05, 0) is 26.2 Å². The molecule has 5 heteroatoms. The second-order valence-corrected chi connectivity index (χ2v) is 3.99. The van der Waals surface area contributed by atoms with Crippen LogP contribution in [0.3, 0.4) is 0 Å². The van der Waals surface area contributed by atoms with Crippen LogP contribution >= 0.6 is 0 Å². The van der Waals surface area contributed by atoms with Crippen LogP contribution in [-0.2, 0) is 23.8 Å². The van der Waals surface area contributed by atoms with E-state index in [4.69, 9.17) is 14.2 Å². The first-order chi connectivity index (χ1) is 8.01. The average molecular weight is 246 g/mol. The fourth-order valence-electron chi connectivity index (χ4n) is 1.27. The van der Waals surface area contributed by atoms with Gasteiger partial charge in [0.2, 0.25) is 0 Å². The number of ether oxygens (including phenoxy) is 3. The molecule has 0 aliphatic heterocycles. The molecule has 0 rings (SSSR count). The molecule has 17 heavy (non-hydrogen) atoms. The van der Waals surface area contributed by atoms with Crippen molar-refractivity contribution in [3.8, 4) is 0 Å². The summed E-state index contributed by atoms with van der Waals surface area (Å²) >= 11 is 0. The Morgan fingerprint density at radius 2 is 1.65 bits per heavy atom. The zero-order chi connectivity index (χ0) is 13.3. The van der Waals surface area contributed by atoms with Crippen LogP contribution in [0.15, 0.2) is 0 Å². The molecule has 0 aromatic carbocycles. The minimum atomic E-state index is -0.695. The highest BCUT2D eigenvalue weighted by Gasteiger charge is 2.23. The van der Waals surface area contributed by atoms with E-state index in [2.05, 4.69) is 0 Å². The lowest BCUT2D eigenvalue weighted by atomic mass is 10.1. The quantitative estimate of drug-likeness (QED) is 0.608. The average Bonchev–Trinajstić information content (AvgIpc) is 2.24. The largest absolute Gasteiger partial charge is 0.464 e. The SMILES string of the molecule is CCOC(=O)COC(CC(C)C)C(=O)OCC. The van der Waals surface area contributed by atoms with Gasteiger partial charge in [-0.1, -0.05) is 13.8 Å². The topological polar surface area (TPSA) is 61.8 Å². The lowest BCUT2D eigenvalue weighted by molar-refractivity contribution is -0.163. The lowest BCUT2D eigenvalue weighted by Gasteiger charge is -2.17. The number of rotatable bonds is 8. The van der Waals surface area contributed by atoms with Gasteiger partial charge in [-0.3, -0.25) is 0 Å². The monoisotopic (exact) mass is 246 g/mol. The summed E-state index contributed by atoms with van der Waals surface area (Å²) in [5, 5.41) is 0. The Morgan fingerprint density at radius 1 is 1.06 bits per heavy atom. The molecule has 100 valence electrons. The first kappa shape index (κ1) is 15.9. The first-order valence-corrected chi connectivity index (χ1v) is 5.95. The predicted octanol–water partition coefficient (Wildman–Crippen LogP) is 1.54. The Balaban J connectivity index is 4.18. The molecule has 0 bridgehead atoms. The van der Waals surface area contributed by atoms with Gasteiger partial charge in [-0.15, -0.1) is 0 Å². The summed E-state index contributed by atoms with van der Waals surface area (Å²) in [6, 6.07) is 0. The van der Waals surface area contributed by atoms with Gasteiger partial charge in [0.15, 0.2) is 6.10 Å². The van der Waals surface area contributed by atoms with Gasteiger partial charge in [-0.2, -0.15) is 0 Å². The fraction of sp³-hybridized carbons (Fsp3) is 0.833. The molecule has 0 fully saturated rings. The maximum absolute atomic E-state index is 11.5. The van der Waals surface area contributed by atoms with Crippen molar-refractivity contribution in [2.45, 2.75) is 40.2 Å². The molecule has 0 saturated heterocycles. The van der Waals surface area contributed by atoms with Crippen LogP contribution in [0.2, 0.25) is 0 Å². The zero-order valence-electron chi connectivity index (χ0n) is 11.0. The van der Waals surface area contributed by atoms with E-state index in [1.54, 1.807) is 13.8 Å². The van der Waals surface area contributed by atoms with Crippen molar-refractivity contribution < 1.29 is 23.8 Å². The predicted molar refractivity (Wildman–Crippen MR) is 62.5 cm³/mol. The van der Waals surface area contributed by atoms with Crippen LogP contribution in [0.4, 0.5) is 0 Å². The molecule has 1 atom stereocenters. The van der Waals surface area contributed by atoms with Crippen LogP contribution < -0.4 is 0 Å². The summed E-state index contributed by atoms with van der Waals surface area (Å²) in [4.78, 5) is 22.7. The van der Waals surface area contributed by atoms with Gasteiger partial charge in [-0.25, -0.2) is 9.59 Å². The number of hydrogen-bond donors (Lipinski definition) is 0. The summed E-state index contributed by atoms with van der Waals surface area (Å²) in [5.41, 5.74) is 0. The molecule has 0 aliphatic carbocycles. The van der Waals surface area contributed by atoms with Gasteiger partial charge in [0.25, 0.3) is 0 Å². The molecule has 0 heterocycles. The van der Waals surface area contributed by atoms with E-state index in [1.165, 1.54) is 0 Å². The first-order valence-electron chi connectivity index (χ1n) is 5.95. The van der Waals surface area contributed by atoms with Crippen molar-refractivity contribution >= 4 is 11.9 Å². The lowest BCUT2D eigenvalue weighted by Crippen LogP contribution is -2.30. The normalized spacial score (nSPS) is 12.3. The summed E-state index contributed by atoms with van der Waals surface area (Å²) in [6.07, 6.45) is -0.169. The third-order valence-electron chi connectivity index (χ3n) is 1.94. The van der Waals surface area contributed by atoms with Crippen molar-refractivity contribution in [1.82, 2.24) is 0 Å². The Kier molecular flexibility index (Phi) is 8.40. The second-order valence-electron chi connectivity index (χ2n) is 3.99. The van der Waals surface area contributed by atoms with E-state index in [1.807, 2.05) is 13.8 Å². The Hall–Kier alpha value is -1.10. The number of esters is 2. The van der Waals surface area contributed by atoms with Crippen LogP contribution in [0.5, 0.6) is 0 Å². The van der Waals surface area contributed by atoms with E-state index in [0.29, 0.717) is 19.6 Å². The molecule has 1 unspecified atom stereocenters. The summed E-state index contributed by atoms with van der Waals surface area (Å²) in [7, 11) is 0. The van der Waals surface area contributed by atoms with E-state index >= 15 is 0 Å². The molecular weight excluding hydrogens is 224 g/mol. The van der Waals surface area contributed by atoms with E-state index < -0.39 is 18.0 Å². The number of carbonyl (C=O) groups is 2. The second kappa shape index (κ2) is 8.98. The summed E-state index contributed by atoms with van der Waals surface area (Å²) < 4.78 is 14.8. The Bertz CT molecular complexity index is 237. The van der Waals surface area contributed by atoms with Gasteiger partial charge in [0.1, 0.15) is 6.61 Å². The molecular formula is C12H22O5. The van der Waals surface area contributed by atoms with Crippen molar-refractivity contribution in [3.05, 3.63) is 0 Å². The van der Waals surface area contributed by atoms with Crippen molar-refractivity contribution in [2.75, 3.05) is 19.8 Å². The summed E-state index contributed by atoms with van der Waals surface area (Å²) in [5.74, 6) is -0.609. The number of carbonyl (C=O) groups excluding carboxylic acids is 2. The highest BCUT2D eigenvalue weighted by Crippen LogP contribution is 2.10. The Labute approximate surface area is 102 Å². The van der Waals surface area contributed by atoms with Gasteiger partial charge in [0.05, 0.1) is 13.2 Å². The molecule has 0 saturated carbocycles. The number of hydrogen-bond acceptors (Lipinski definition) is 5. The van der Waals surface area contributed by atoms with Crippen LogP contribution in [0.25, 0.3) is 0 Å². The molecule has 0 aromatic heterocycles. The van der Waals surface area contributed by atoms with Crippen molar-refractivity contribution in [3.63, 3.8) is 0 Å². The molecule has 0 N–H and O–H groups in total. The van der Waals surface area contributed by atoms with Gasteiger partial charge >= 0.3 is 11.9 Å². The standard InChI is InChI=1S/C12H22O5/c1-5-15-11(13)8-17-10(7-9(3)4)12(14)16-6-2/h9-10H,5-8H2,1-4H3. The summed E-state index contributed by atoms with van der Waals surface area (Å²) in [6.45, 7) is 7.78. The molecule has 0 radical (unpaired) electrons. The van der Waals surface area contributed by atoms with Gasteiger partial charge < -0.3 is 14.2 Å². The molecule has 0 amide bonds. The maximum Gasteiger partial charge on any atom is 0.335 e. The smallest absolute Gasteiger partial charge is 0.335 e. The highest BCUT2D eigenvalue weighted by molar-refractivity contribution is 5.76. The third-order valence-corrected chi connectivity index (χ3v) is 1.94. The molecule has 0 spiro atoms. The molecule has 0 aromatic rings. The van der Waals surface area contributed by atoms with Crippen LogP contribution in [-0.4, -0.2) is 37.9 Å². The minimum absolute atomic E-state index is 0.218. The van der Waals surface area contributed by atoms with Crippen molar-refractivity contribution in [1.29, 1.82) is 0 Å². The van der Waals surface area contributed by atoms with Crippen LogP contribution in [0.1, 0.15) is 34.1 Å². The third kappa shape index (κ3) is 7.74. The van der Waals surface area contributed by atoms with Crippen molar-refractivity contribution in [2.24, 2.45) is 5.92 Å². The molecule has 5 nitrogen and oxygen atoms in total. The van der Waals surface area contributed by atoms with E-state index in [-0.39, 0.29) is 12.5 Å². The zero-order valence-corrected chi connectivity index (χ0v) is 11.0. The fourth-order valence-corrected chi connectivity index (χ4v) is 1.27. The minimum Gasteiger partial charge on any atom is -0.464 e. The van der Waals surface area contributed by atoms with Gasteiger partial charge in [0, 0.05) is 0 Å². The highest BCUT2D eigenvalue weighted by atomic mass is 16.6. The van der Waals surface area contributed by atoms with E-state index in [9.17, 15) is 9.59 Å².